The molecule has 2 N–H and O–H groups in total. The zero-order valence-electron chi connectivity index (χ0n) is 7.75. The van der Waals surface area contributed by atoms with E-state index in [9.17, 15) is 0 Å². The van der Waals surface area contributed by atoms with Crippen molar-refractivity contribution in [3.8, 4) is 0 Å². The SMILES string of the molecule is c1csc(NCCC2CCCN2)c1. The molecule has 1 aliphatic rings. The van der Waals surface area contributed by atoms with Crippen molar-refractivity contribution in [1.82, 2.24) is 5.32 Å². The van der Waals surface area contributed by atoms with E-state index in [-0.39, 0.29) is 0 Å². The molecule has 1 unspecified atom stereocenters. The minimum absolute atomic E-state index is 0.757. The van der Waals surface area contributed by atoms with Crippen molar-refractivity contribution in [2.75, 3.05) is 18.4 Å². The van der Waals surface area contributed by atoms with E-state index >= 15 is 0 Å². The Hall–Kier alpha value is -0.540. The molecule has 1 aromatic rings. The van der Waals surface area contributed by atoms with Crippen LogP contribution in [0.1, 0.15) is 19.3 Å². The Morgan fingerprint density at radius 3 is 3.31 bits per heavy atom. The van der Waals surface area contributed by atoms with Gasteiger partial charge in [-0.1, -0.05) is 0 Å². The summed E-state index contributed by atoms with van der Waals surface area (Å²) in [7, 11) is 0. The third-order valence-corrected chi connectivity index (χ3v) is 3.30. The first-order valence-electron chi connectivity index (χ1n) is 4.96. The summed E-state index contributed by atoms with van der Waals surface area (Å²) < 4.78 is 0. The predicted molar refractivity (Wildman–Crippen MR) is 58.5 cm³/mol. The summed E-state index contributed by atoms with van der Waals surface area (Å²) in [6, 6.07) is 4.97. The molecule has 1 aliphatic heterocycles. The zero-order valence-corrected chi connectivity index (χ0v) is 8.57. The van der Waals surface area contributed by atoms with Crippen LogP contribution in [-0.4, -0.2) is 19.1 Å². The lowest BCUT2D eigenvalue weighted by Gasteiger charge is -2.09. The van der Waals surface area contributed by atoms with Gasteiger partial charge in [-0.15, -0.1) is 11.3 Å². The first-order valence-corrected chi connectivity index (χ1v) is 5.84. The van der Waals surface area contributed by atoms with Gasteiger partial charge in [-0.3, -0.25) is 0 Å². The molecule has 0 radical (unpaired) electrons. The Balaban J connectivity index is 1.63. The topological polar surface area (TPSA) is 24.1 Å². The highest BCUT2D eigenvalue weighted by molar-refractivity contribution is 7.14. The van der Waals surface area contributed by atoms with Gasteiger partial charge in [0.1, 0.15) is 0 Å². The molecule has 0 spiro atoms. The average Bonchev–Trinajstić information content (AvgIpc) is 2.75. The summed E-state index contributed by atoms with van der Waals surface area (Å²) in [5, 5.41) is 10.3. The highest BCUT2D eigenvalue weighted by Crippen LogP contribution is 2.15. The van der Waals surface area contributed by atoms with Crippen molar-refractivity contribution in [2.24, 2.45) is 0 Å². The highest BCUT2D eigenvalue weighted by Gasteiger charge is 2.12. The van der Waals surface area contributed by atoms with Crippen LogP contribution in [0.25, 0.3) is 0 Å². The zero-order chi connectivity index (χ0) is 8.93. The fourth-order valence-electron chi connectivity index (χ4n) is 1.75. The second-order valence-corrected chi connectivity index (χ2v) is 4.43. The Bertz CT molecular complexity index is 227. The second-order valence-electron chi connectivity index (χ2n) is 3.49. The normalized spacial score (nSPS) is 22.0. The number of hydrogen-bond acceptors (Lipinski definition) is 3. The van der Waals surface area contributed by atoms with E-state index < -0.39 is 0 Å². The van der Waals surface area contributed by atoms with Gasteiger partial charge < -0.3 is 10.6 Å². The lowest BCUT2D eigenvalue weighted by Crippen LogP contribution is -2.23. The number of nitrogens with one attached hydrogen (secondary N) is 2. The van der Waals surface area contributed by atoms with Crippen molar-refractivity contribution in [2.45, 2.75) is 25.3 Å². The van der Waals surface area contributed by atoms with Gasteiger partial charge in [-0.05, 0) is 43.3 Å². The van der Waals surface area contributed by atoms with Gasteiger partial charge in [0.15, 0.2) is 0 Å². The van der Waals surface area contributed by atoms with Gasteiger partial charge in [0.05, 0.1) is 5.00 Å². The van der Waals surface area contributed by atoms with Crippen LogP contribution in [0.5, 0.6) is 0 Å². The largest absolute Gasteiger partial charge is 0.377 e. The molecular weight excluding hydrogens is 180 g/mol. The minimum Gasteiger partial charge on any atom is -0.377 e. The maximum absolute atomic E-state index is 3.50. The van der Waals surface area contributed by atoms with Crippen LogP contribution in [0.15, 0.2) is 17.5 Å². The molecule has 2 nitrogen and oxygen atoms in total. The van der Waals surface area contributed by atoms with Gasteiger partial charge >= 0.3 is 0 Å². The molecule has 0 bridgehead atoms. The quantitative estimate of drug-likeness (QED) is 0.772. The van der Waals surface area contributed by atoms with Crippen LogP contribution in [0.3, 0.4) is 0 Å². The first-order chi connectivity index (χ1) is 6.45. The average molecular weight is 196 g/mol. The summed E-state index contributed by atoms with van der Waals surface area (Å²) in [6.07, 6.45) is 3.95. The van der Waals surface area contributed by atoms with E-state index in [0.717, 1.165) is 12.6 Å². The molecule has 0 saturated carbocycles. The maximum Gasteiger partial charge on any atom is 0.0882 e. The van der Waals surface area contributed by atoms with E-state index in [4.69, 9.17) is 0 Å². The summed E-state index contributed by atoms with van der Waals surface area (Å²) in [4.78, 5) is 0. The monoisotopic (exact) mass is 196 g/mol. The second kappa shape index (κ2) is 4.63. The van der Waals surface area contributed by atoms with Crippen LogP contribution in [-0.2, 0) is 0 Å². The Kier molecular flexibility index (Phi) is 3.22. The van der Waals surface area contributed by atoms with E-state index in [1.165, 1.54) is 30.8 Å². The van der Waals surface area contributed by atoms with Crippen LogP contribution in [0.4, 0.5) is 5.00 Å². The predicted octanol–water partition coefficient (Wildman–Crippen LogP) is 2.30. The first kappa shape index (κ1) is 9.03. The molecule has 1 saturated heterocycles. The van der Waals surface area contributed by atoms with E-state index in [1.807, 2.05) is 0 Å². The van der Waals surface area contributed by atoms with Gasteiger partial charge in [0, 0.05) is 12.6 Å². The smallest absolute Gasteiger partial charge is 0.0882 e. The molecule has 13 heavy (non-hydrogen) atoms. The third kappa shape index (κ3) is 2.71. The van der Waals surface area contributed by atoms with Crippen LogP contribution >= 0.6 is 11.3 Å². The minimum atomic E-state index is 0.757. The third-order valence-electron chi connectivity index (χ3n) is 2.48. The van der Waals surface area contributed by atoms with Crippen molar-refractivity contribution < 1.29 is 0 Å². The summed E-state index contributed by atoms with van der Waals surface area (Å²) >= 11 is 1.77. The molecule has 72 valence electrons. The van der Waals surface area contributed by atoms with Crippen molar-refractivity contribution in [1.29, 1.82) is 0 Å². The summed E-state index contributed by atoms with van der Waals surface area (Å²) in [5.74, 6) is 0. The molecule has 0 aromatic carbocycles. The number of hydrogen-bond donors (Lipinski definition) is 2. The number of anilines is 1. The van der Waals surface area contributed by atoms with Crippen LogP contribution < -0.4 is 10.6 Å². The van der Waals surface area contributed by atoms with Crippen molar-refractivity contribution >= 4 is 16.3 Å². The summed E-state index contributed by atoms with van der Waals surface area (Å²) in [6.45, 7) is 2.31. The molecule has 3 heteroatoms. The molecule has 1 aromatic heterocycles. The van der Waals surface area contributed by atoms with E-state index in [2.05, 4.69) is 28.1 Å². The van der Waals surface area contributed by atoms with Gasteiger partial charge in [-0.25, -0.2) is 0 Å². The maximum atomic E-state index is 3.50. The van der Waals surface area contributed by atoms with Gasteiger partial charge in [0.25, 0.3) is 0 Å². The Labute approximate surface area is 83.4 Å². The molecule has 2 rings (SSSR count). The Morgan fingerprint density at radius 1 is 1.62 bits per heavy atom. The van der Waals surface area contributed by atoms with Gasteiger partial charge in [-0.2, -0.15) is 0 Å². The number of thiophene rings is 1. The number of rotatable bonds is 4. The van der Waals surface area contributed by atoms with E-state index in [0.29, 0.717) is 0 Å². The molecule has 0 amide bonds. The molecular formula is C10H16N2S. The lowest BCUT2D eigenvalue weighted by atomic mass is 10.1. The highest BCUT2D eigenvalue weighted by atomic mass is 32.1. The fraction of sp³-hybridized carbons (Fsp3) is 0.600. The van der Waals surface area contributed by atoms with Crippen LogP contribution in [0.2, 0.25) is 0 Å². The molecule has 1 atom stereocenters. The molecule has 2 heterocycles. The van der Waals surface area contributed by atoms with E-state index in [1.54, 1.807) is 11.3 Å². The fourth-order valence-corrected chi connectivity index (χ4v) is 2.40. The standard InChI is InChI=1S/C10H16N2S/c1-3-9(11-6-1)5-7-12-10-4-2-8-13-10/h2,4,8-9,11-12H,1,3,5-7H2. The van der Waals surface area contributed by atoms with Crippen molar-refractivity contribution in [3.05, 3.63) is 17.5 Å². The van der Waals surface area contributed by atoms with Crippen molar-refractivity contribution in [3.63, 3.8) is 0 Å². The summed E-state index contributed by atoms with van der Waals surface area (Å²) in [5.41, 5.74) is 0. The Morgan fingerprint density at radius 2 is 2.62 bits per heavy atom. The van der Waals surface area contributed by atoms with Gasteiger partial charge in [0.2, 0.25) is 0 Å². The molecule has 0 aliphatic carbocycles. The lowest BCUT2D eigenvalue weighted by molar-refractivity contribution is 0.575. The van der Waals surface area contributed by atoms with Crippen LogP contribution in [0, 0.1) is 0 Å². The molecule has 1 fully saturated rings.